The van der Waals surface area contributed by atoms with E-state index in [-0.39, 0.29) is 5.78 Å². The van der Waals surface area contributed by atoms with Gasteiger partial charge in [0.2, 0.25) is 0 Å². The molecule has 18 heavy (non-hydrogen) atoms. The number of rotatable bonds is 3. The number of Topliss-reactive ketones (excluding diaryl/α,β-unsaturated/α-hetero) is 1. The Kier molecular flexibility index (Phi) is 4.15. The summed E-state index contributed by atoms with van der Waals surface area (Å²) in [6, 6.07) is 8.81. The van der Waals surface area contributed by atoms with E-state index in [9.17, 15) is 4.79 Å². The van der Waals surface area contributed by atoms with Gasteiger partial charge in [-0.15, -0.1) is 0 Å². The number of carbonyl (C=O) groups is 1. The van der Waals surface area contributed by atoms with Crippen LogP contribution in [-0.2, 0) is 11.3 Å². The van der Waals surface area contributed by atoms with Gasteiger partial charge in [0, 0.05) is 24.2 Å². The summed E-state index contributed by atoms with van der Waals surface area (Å²) in [5.41, 5.74) is 2.03. The number of morpholine rings is 1. The highest BCUT2D eigenvalue weighted by atomic mass is 16.5. The van der Waals surface area contributed by atoms with Crippen molar-refractivity contribution < 1.29 is 9.53 Å². The molecule has 1 aliphatic rings. The summed E-state index contributed by atoms with van der Waals surface area (Å²) in [4.78, 5) is 13.7. The van der Waals surface area contributed by atoms with Crippen LogP contribution in [-0.4, -0.2) is 36.0 Å². The van der Waals surface area contributed by atoms with Crippen molar-refractivity contribution in [2.45, 2.75) is 39.4 Å². The van der Waals surface area contributed by atoms with Crippen LogP contribution < -0.4 is 0 Å². The Morgan fingerprint density at radius 1 is 1.22 bits per heavy atom. The van der Waals surface area contributed by atoms with Crippen LogP contribution in [0.25, 0.3) is 0 Å². The molecule has 0 spiro atoms. The maximum atomic E-state index is 11.2. The summed E-state index contributed by atoms with van der Waals surface area (Å²) in [6.07, 6.45) is 0. The van der Waals surface area contributed by atoms with E-state index in [4.69, 9.17) is 4.74 Å². The average Bonchev–Trinajstić information content (AvgIpc) is 2.34. The van der Waals surface area contributed by atoms with Crippen LogP contribution in [0.2, 0.25) is 0 Å². The molecule has 0 saturated carbocycles. The molecule has 2 atom stereocenters. The quantitative estimate of drug-likeness (QED) is 0.769. The molecule has 0 aromatic heterocycles. The lowest BCUT2D eigenvalue weighted by molar-refractivity contribution is -0.0409. The zero-order valence-corrected chi connectivity index (χ0v) is 11.3. The molecule has 1 saturated heterocycles. The normalized spacial score (nSPS) is 25.1. The minimum atomic E-state index is 0.120. The summed E-state index contributed by atoms with van der Waals surface area (Å²) in [6.45, 7) is 8.51. The van der Waals surface area contributed by atoms with Crippen LogP contribution in [0, 0.1) is 0 Å². The zero-order valence-electron chi connectivity index (χ0n) is 11.3. The van der Waals surface area contributed by atoms with Crippen LogP contribution in [0.4, 0.5) is 0 Å². The minimum Gasteiger partial charge on any atom is -0.378 e. The van der Waals surface area contributed by atoms with E-state index in [1.54, 1.807) is 6.92 Å². The molecule has 1 aromatic rings. The zero-order chi connectivity index (χ0) is 13.1. The smallest absolute Gasteiger partial charge is 0.159 e. The Morgan fingerprint density at radius 2 is 1.78 bits per heavy atom. The lowest BCUT2D eigenvalue weighted by Gasteiger charge is -2.38. The van der Waals surface area contributed by atoms with Crippen LogP contribution in [0.5, 0.6) is 0 Å². The molecule has 0 aliphatic carbocycles. The molecule has 3 nitrogen and oxygen atoms in total. The van der Waals surface area contributed by atoms with Crippen LogP contribution >= 0.6 is 0 Å². The molecule has 0 radical (unpaired) electrons. The highest BCUT2D eigenvalue weighted by molar-refractivity contribution is 5.93. The Bertz CT molecular complexity index is 403. The van der Waals surface area contributed by atoms with E-state index in [0.717, 1.165) is 25.3 Å². The Labute approximate surface area is 109 Å². The summed E-state index contributed by atoms with van der Waals surface area (Å²) >= 11 is 0. The molecular formula is C15H21NO2. The molecule has 98 valence electrons. The molecule has 0 unspecified atom stereocenters. The largest absolute Gasteiger partial charge is 0.378 e. The van der Waals surface area contributed by atoms with Gasteiger partial charge in [-0.3, -0.25) is 9.69 Å². The van der Waals surface area contributed by atoms with Crippen molar-refractivity contribution in [3.8, 4) is 0 Å². The third kappa shape index (κ3) is 2.98. The van der Waals surface area contributed by atoms with Crippen LogP contribution in [0.1, 0.15) is 36.7 Å². The summed E-state index contributed by atoms with van der Waals surface area (Å²) in [5, 5.41) is 0. The molecule has 3 heteroatoms. The third-order valence-electron chi connectivity index (χ3n) is 3.58. The van der Waals surface area contributed by atoms with Crippen molar-refractivity contribution in [3.63, 3.8) is 0 Å². The van der Waals surface area contributed by atoms with Gasteiger partial charge in [0.05, 0.1) is 13.2 Å². The van der Waals surface area contributed by atoms with Gasteiger partial charge in [-0.25, -0.2) is 0 Å². The number of carbonyl (C=O) groups excluding carboxylic acids is 1. The molecule has 1 aliphatic heterocycles. The predicted molar refractivity (Wildman–Crippen MR) is 71.7 cm³/mol. The number of hydrogen-bond donors (Lipinski definition) is 0. The summed E-state index contributed by atoms with van der Waals surface area (Å²) in [5.74, 6) is 0.120. The molecule has 1 aromatic carbocycles. The molecular weight excluding hydrogens is 226 g/mol. The number of nitrogens with zero attached hydrogens (tertiary/aromatic N) is 1. The lowest BCUT2D eigenvalue weighted by atomic mass is 10.1. The van der Waals surface area contributed by atoms with Crippen molar-refractivity contribution >= 4 is 5.78 Å². The van der Waals surface area contributed by atoms with E-state index in [1.165, 1.54) is 5.56 Å². The number of ether oxygens (including phenoxy) is 1. The van der Waals surface area contributed by atoms with E-state index < -0.39 is 0 Å². The second-order valence-corrected chi connectivity index (χ2v) is 5.16. The Morgan fingerprint density at radius 3 is 2.28 bits per heavy atom. The Hall–Kier alpha value is -1.19. The van der Waals surface area contributed by atoms with Crippen LogP contribution in [0.3, 0.4) is 0 Å². The van der Waals surface area contributed by atoms with Crippen molar-refractivity contribution in [1.29, 1.82) is 0 Å². The first-order valence-corrected chi connectivity index (χ1v) is 6.51. The molecule has 0 amide bonds. The highest BCUT2D eigenvalue weighted by Gasteiger charge is 2.25. The minimum absolute atomic E-state index is 0.120. The maximum Gasteiger partial charge on any atom is 0.159 e. The number of ketones is 1. The third-order valence-corrected chi connectivity index (χ3v) is 3.58. The van der Waals surface area contributed by atoms with Crippen molar-refractivity contribution in [1.82, 2.24) is 4.90 Å². The van der Waals surface area contributed by atoms with Gasteiger partial charge in [-0.1, -0.05) is 24.3 Å². The van der Waals surface area contributed by atoms with Crippen molar-refractivity contribution in [2.75, 3.05) is 13.2 Å². The topological polar surface area (TPSA) is 29.5 Å². The van der Waals surface area contributed by atoms with Crippen molar-refractivity contribution in [3.05, 3.63) is 35.4 Å². The molecule has 2 rings (SSSR count). The molecule has 1 fully saturated rings. The maximum absolute atomic E-state index is 11.2. The second kappa shape index (κ2) is 5.63. The lowest BCUT2D eigenvalue weighted by Crippen LogP contribution is -2.48. The van der Waals surface area contributed by atoms with Gasteiger partial charge in [0.15, 0.2) is 5.78 Å². The molecule has 1 heterocycles. The van der Waals surface area contributed by atoms with E-state index in [1.807, 2.05) is 24.3 Å². The first-order valence-electron chi connectivity index (χ1n) is 6.51. The fourth-order valence-electron chi connectivity index (χ4n) is 2.40. The first-order chi connectivity index (χ1) is 8.58. The average molecular weight is 247 g/mol. The standard InChI is InChI=1S/C15H21NO2/c1-11-9-18-10-12(2)16(11)8-14-4-6-15(7-5-14)13(3)17/h4-7,11-12H,8-10H2,1-3H3/t11-,12+. The van der Waals surface area contributed by atoms with Gasteiger partial charge in [-0.05, 0) is 26.3 Å². The van der Waals surface area contributed by atoms with E-state index in [2.05, 4.69) is 18.7 Å². The van der Waals surface area contributed by atoms with Crippen molar-refractivity contribution in [2.24, 2.45) is 0 Å². The number of benzene rings is 1. The predicted octanol–water partition coefficient (Wildman–Crippen LogP) is 2.50. The van der Waals surface area contributed by atoms with Gasteiger partial charge >= 0.3 is 0 Å². The van der Waals surface area contributed by atoms with Gasteiger partial charge in [0.25, 0.3) is 0 Å². The fourth-order valence-corrected chi connectivity index (χ4v) is 2.40. The van der Waals surface area contributed by atoms with Gasteiger partial charge in [0.1, 0.15) is 0 Å². The second-order valence-electron chi connectivity index (χ2n) is 5.16. The Balaban J connectivity index is 2.06. The van der Waals surface area contributed by atoms with Crippen LogP contribution in [0.15, 0.2) is 24.3 Å². The SMILES string of the molecule is CC(=O)c1ccc(CN2[C@H](C)COC[C@@H]2C)cc1. The highest BCUT2D eigenvalue weighted by Crippen LogP contribution is 2.17. The van der Waals surface area contributed by atoms with Gasteiger partial charge in [-0.2, -0.15) is 0 Å². The van der Waals surface area contributed by atoms with E-state index >= 15 is 0 Å². The monoisotopic (exact) mass is 247 g/mol. The summed E-state index contributed by atoms with van der Waals surface area (Å²) in [7, 11) is 0. The van der Waals surface area contributed by atoms with E-state index in [0.29, 0.717) is 12.1 Å². The molecule has 0 bridgehead atoms. The number of hydrogen-bond acceptors (Lipinski definition) is 3. The first kappa shape index (κ1) is 13.2. The molecule has 0 N–H and O–H groups in total. The summed E-state index contributed by atoms with van der Waals surface area (Å²) < 4.78 is 5.53. The fraction of sp³-hybridized carbons (Fsp3) is 0.533. The van der Waals surface area contributed by atoms with Gasteiger partial charge < -0.3 is 4.74 Å².